The molecular weight excluding hydrogens is 188 g/mol. The van der Waals surface area contributed by atoms with Crippen molar-refractivity contribution in [1.82, 2.24) is 15.2 Å². The highest BCUT2D eigenvalue weighted by molar-refractivity contribution is 5.30. The van der Waals surface area contributed by atoms with Gasteiger partial charge in [-0.1, -0.05) is 18.2 Å². The molecule has 0 aliphatic heterocycles. The number of rotatable bonds is 3. The van der Waals surface area contributed by atoms with E-state index in [0.717, 1.165) is 11.4 Å². The monoisotopic (exact) mass is 202 g/mol. The zero-order valence-electron chi connectivity index (χ0n) is 8.59. The average molecular weight is 202 g/mol. The van der Waals surface area contributed by atoms with Crippen molar-refractivity contribution < 1.29 is 0 Å². The average Bonchev–Trinajstić information content (AvgIpc) is 2.78. The summed E-state index contributed by atoms with van der Waals surface area (Å²) in [6.45, 7) is 1.97. The molecule has 1 atom stereocenters. The third-order valence-corrected chi connectivity index (χ3v) is 2.32. The van der Waals surface area contributed by atoms with Crippen molar-refractivity contribution in [2.24, 2.45) is 5.84 Å². The van der Waals surface area contributed by atoms with E-state index in [9.17, 15) is 0 Å². The predicted octanol–water partition coefficient (Wildman–Crippen LogP) is 1.40. The van der Waals surface area contributed by atoms with Crippen LogP contribution >= 0.6 is 0 Å². The van der Waals surface area contributed by atoms with Crippen molar-refractivity contribution in [3.8, 4) is 5.69 Å². The number of hydrazine groups is 1. The van der Waals surface area contributed by atoms with Crippen LogP contribution < -0.4 is 11.3 Å². The minimum Gasteiger partial charge on any atom is -0.271 e. The van der Waals surface area contributed by atoms with Gasteiger partial charge in [0.15, 0.2) is 0 Å². The Morgan fingerprint density at radius 2 is 2.00 bits per heavy atom. The Bertz CT molecular complexity index is 421. The first-order chi connectivity index (χ1) is 7.31. The molecule has 3 N–H and O–H groups in total. The zero-order valence-corrected chi connectivity index (χ0v) is 8.59. The quantitative estimate of drug-likeness (QED) is 0.584. The summed E-state index contributed by atoms with van der Waals surface area (Å²) in [6, 6.07) is 12.0. The van der Waals surface area contributed by atoms with Crippen LogP contribution in [0.3, 0.4) is 0 Å². The minimum atomic E-state index is 0.0648. The van der Waals surface area contributed by atoms with Gasteiger partial charge in [0.05, 0.1) is 17.4 Å². The smallest absolute Gasteiger partial charge is 0.0809 e. The summed E-state index contributed by atoms with van der Waals surface area (Å²) < 4.78 is 1.84. The Labute approximate surface area is 88.7 Å². The maximum Gasteiger partial charge on any atom is 0.0809 e. The van der Waals surface area contributed by atoms with E-state index in [2.05, 4.69) is 10.5 Å². The van der Waals surface area contributed by atoms with E-state index in [1.807, 2.05) is 54.2 Å². The van der Waals surface area contributed by atoms with Crippen LogP contribution in [0.1, 0.15) is 18.7 Å². The molecule has 0 bridgehead atoms. The normalized spacial score (nSPS) is 12.7. The Kier molecular flexibility index (Phi) is 2.80. The lowest BCUT2D eigenvalue weighted by Gasteiger charge is -2.05. The van der Waals surface area contributed by atoms with E-state index in [1.165, 1.54) is 0 Å². The van der Waals surface area contributed by atoms with Gasteiger partial charge >= 0.3 is 0 Å². The lowest BCUT2D eigenvalue weighted by Crippen LogP contribution is -2.26. The number of benzene rings is 1. The summed E-state index contributed by atoms with van der Waals surface area (Å²) in [4.78, 5) is 0. The molecule has 1 aromatic carbocycles. The van der Waals surface area contributed by atoms with Crippen LogP contribution in [0, 0.1) is 0 Å². The van der Waals surface area contributed by atoms with Crippen molar-refractivity contribution in [2.45, 2.75) is 13.0 Å². The first kappa shape index (κ1) is 9.89. The highest BCUT2D eigenvalue weighted by atomic mass is 15.3. The highest BCUT2D eigenvalue weighted by Gasteiger charge is 2.06. The Hall–Kier alpha value is -1.65. The van der Waals surface area contributed by atoms with Crippen LogP contribution in [0.4, 0.5) is 0 Å². The Morgan fingerprint density at radius 1 is 1.27 bits per heavy atom. The van der Waals surface area contributed by atoms with Crippen LogP contribution in [0.5, 0.6) is 0 Å². The first-order valence-corrected chi connectivity index (χ1v) is 4.88. The van der Waals surface area contributed by atoms with E-state index in [0.29, 0.717) is 0 Å². The van der Waals surface area contributed by atoms with Gasteiger partial charge in [-0.05, 0) is 25.1 Å². The van der Waals surface area contributed by atoms with Gasteiger partial charge in [-0.3, -0.25) is 11.3 Å². The molecule has 0 saturated carbocycles. The fourth-order valence-corrected chi connectivity index (χ4v) is 1.38. The summed E-state index contributed by atoms with van der Waals surface area (Å²) in [5.41, 5.74) is 4.65. The van der Waals surface area contributed by atoms with Crippen molar-refractivity contribution in [3.63, 3.8) is 0 Å². The number of nitrogens with one attached hydrogen (secondary N) is 1. The molecule has 4 heteroatoms. The molecule has 0 aliphatic carbocycles. The maximum atomic E-state index is 5.35. The van der Waals surface area contributed by atoms with Gasteiger partial charge in [0, 0.05) is 6.20 Å². The standard InChI is InChI=1S/C11H14N4/c1-9(13-12)11-7-8-15(14-11)10-5-3-2-4-6-10/h2-9,13H,12H2,1H3. The fourth-order valence-electron chi connectivity index (χ4n) is 1.38. The predicted molar refractivity (Wildman–Crippen MR) is 59.3 cm³/mol. The number of nitrogens with zero attached hydrogens (tertiary/aromatic N) is 2. The third-order valence-electron chi connectivity index (χ3n) is 2.32. The van der Waals surface area contributed by atoms with Gasteiger partial charge in [-0.2, -0.15) is 5.10 Å². The highest BCUT2D eigenvalue weighted by Crippen LogP contribution is 2.11. The molecule has 1 aromatic heterocycles. The van der Waals surface area contributed by atoms with Crippen LogP contribution in [0.2, 0.25) is 0 Å². The lowest BCUT2D eigenvalue weighted by atomic mass is 10.2. The first-order valence-electron chi connectivity index (χ1n) is 4.88. The van der Waals surface area contributed by atoms with Crippen molar-refractivity contribution in [3.05, 3.63) is 48.3 Å². The van der Waals surface area contributed by atoms with E-state index in [1.54, 1.807) is 0 Å². The van der Waals surface area contributed by atoms with Crippen LogP contribution in [-0.4, -0.2) is 9.78 Å². The summed E-state index contributed by atoms with van der Waals surface area (Å²) >= 11 is 0. The zero-order chi connectivity index (χ0) is 10.7. The molecule has 0 saturated heterocycles. The van der Waals surface area contributed by atoms with Crippen molar-refractivity contribution in [1.29, 1.82) is 0 Å². The molecule has 2 rings (SSSR count). The van der Waals surface area contributed by atoms with Crippen LogP contribution in [0.15, 0.2) is 42.6 Å². The number of aromatic nitrogens is 2. The summed E-state index contributed by atoms with van der Waals surface area (Å²) in [7, 11) is 0. The second-order valence-electron chi connectivity index (χ2n) is 3.41. The Balaban J connectivity index is 2.28. The molecule has 2 aromatic rings. The molecule has 0 radical (unpaired) electrons. The maximum absolute atomic E-state index is 5.35. The van der Waals surface area contributed by atoms with Gasteiger partial charge < -0.3 is 0 Å². The van der Waals surface area contributed by atoms with Crippen molar-refractivity contribution in [2.75, 3.05) is 0 Å². The van der Waals surface area contributed by atoms with E-state index in [4.69, 9.17) is 5.84 Å². The summed E-state index contributed by atoms with van der Waals surface area (Å²) in [6.07, 6.45) is 1.93. The number of hydrogen-bond acceptors (Lipinski definition) is 3. The van der Waals surface area contributed by atoms with Crippen molar-refractivity contribution >= 4 is 0 Å². The topological polar surface area (TPSA) is 55.9 Å². The van der Waals surface area contributed by atoms with Gasteiger partial charge in [-0.25, -0.2) is 4.68 Å². The molecule has 1 unspecified atom stereocenters. The molecule has 0 aliphatic rings. The molecular formula is C11H14N4. The third kappa shape index (κ3) is 2.06. The number of hydrogen-bond donors (Lipinski definition) is 2. The number of nitrogens with two attached hydrogens (primary N) is 1. The van der Waals surface area contributed by atoms with E-state index >= 15 is 0 Å². The largest absolute Gasteiger partial charge is 0.271 e. The molecule has 4 nitrogen and oxygen atoms in total. The SMILES string of the molecule is CC(NN)c1ccn(-c2ccccc2)n1. The van der Waals surface area contributed by atoms with Gasteiger partial charge in [0.2, 0.25) is 0 Å². The van der Waals surface area contributed by atoms with Gasteiger partial charge in [0.1, 0.15) is 0 Å². The van der Waals surface area contributed by atoms with Crippen LogP contribution in [0.25, 0.3) is 5.69 Å². The molecule has 1 heterocycles. The lowest BCUT2D eigenvalue weighted by molar-refractivity contribution is 0.580. The molecule has 0 amide bonds. The molecule has 15 heavy (non-hydrogen) atoms. The minimum absolute atomic E-state index is 0.0648. The summed E-state index contributed by atoms with van der Waals surface area (Å²) in [5, 5.41) is 4.43. The summed E-state index contributed by atoms with van der Waals surface area (Å²) in [5.74, 6) is 5.35. The fraction of sp³-hybridized carbons (Fsp3) is 0.182. The Morgan fingerprint density at radius 3 is 2.67 bits per heavy atom. The second kappa shape index (κ2) is 4.25. The number of para-hydroxylation sites is 1. The molecule has 0 spiro atoms. The van der Waals surface area contributed by atoms with E-state index in [-0.39, 0.29) is 6.04 Å². The molecule has 0 fully saturated rings. The van der Waals surface area contributed by atoms with Crippen LogP contribution in [-0.2, 0) is 0 Å². The molecule has 78 valence electrons. The van der Waals surface area contributed by atoms with Gasteiger partial charge in [-0.15, -0.1) is 0 Å². The van der Waals surface area contributed by atoms with Gasteiger partial charge in [0.25, 0.3) is 0 Å². The second-order valence-corrected chi connectivity index (χ2v) is 3.41. The van der Waals surface area contributed by atoms with E-state index < -0.39 is 0 Å².